The normalized spacial score (nSPS) is 14.3. The number of nitrogens with one attached hydrogen (secondary N) is 1. The summed E-state index contributed by atoms with van der Waals surface area (Å²) in [5.41, 5.74) is 5.18. The van der Waals surface area contributed by atoms with Gasteiger partial charge in [-0.25, -0.2) is 8.42 Å². The molecule has 1 N–H and O–H groups in total. The molecule has 0 atom stereocenters. The highest BCUT2D eigenvalue weighted by atomic mass is 32.2. The summed E-state index contributed by atoms with van der Waals surface area (Å²) >= 11 is 0. The van der Waals surface area contributed by atoms with Crippen LogP contribution in [-0.4, -0.2) is 45.4 Å². The summed E-state index contributed by atoms with van der Waals surface area (Å²) < 4.78 is 28.6. The molecular weight excluding hydrogens is 434 g/mol. The molecule has 0 aliphatic carbocycles. The van der Waals surface area contributed by atoms with Crippen LogP contribution in [0.3, 0.4) is 0 Å². The number of anilines is 2. The van der Waals surface area contributed by atoms with E-state index >= 15 is 0 Å². The van der Waals surface area contributed by atoms with Crippen molar-refractivity contribution in [2.75, 3.05) is 35.8 Å². The number of sulfonamides is 1. The molecule has 0 spiro atoms. The molecule has 1 amide bonds. The molecule has 1 fully saturated rings. The number of para-hydroxylation sites is 1. The number of nitrogens with zero attached hydrogens (tertiary/aromatic N) is 2. The number of hydrogen-bond acceptors (Lipinski definition) is 4. The quantitative estimate of drug-likeness (QED) is 0.610. The Bertz CT molecular complexity index is 1270. The summed E-state index contributed by atoms with van der Waals surface area (Å²) in [7, 11) is -3.81. The second-order valence-corrected chi connectivity index (χ2v) is 10.1. The molecule has 1 heterocycles. The standard InChI is InChI=1S/C26H29N3O3S/c1-19-8-7-11-24(21(19)3)28-14-16-29(17-15-28)26(30)22-13-12-20(2)25(18-22)33(31,32)27-23-9-5-4-6-10-23/h4-13,18,27H,14-17H2,1-3H3. The number of hydrogen-bond donors (Lipinski definition) is 1. The highest BCUT2D eigenvalue weighted by molar-refractivity contribution is 7.92. The molecular formula is C26H29N3O3S. The van der Waals surface area contributed by atoms with Crippen molar-refractivity contribution in [3.8, 4) is 0 Å². The number of carbonyl (C=O) groups excluding carboxylic acids is 1. The average molecular weight is 464 g/mol. The lowest BCUT2D eigenvalue weighted by atomic mass is 10.1. The van der Waals surface area contributed by atoms with Crippen molar-refractivity contribution in [3.63, 3.8) is 0 Å². The van der Waals surface area contributed by atoms with Crippen molar-refractivity contribution in [3.05, 3.63) is 89.0 Å². The molecule has 0 bridgehead atoms. The van der Waals surface area contributed by atoms with Crippen LogP contribution in [0.4, 0.5) is 11.4 Å². The third-order valence-corrected chi connectivity index (χ3v) is 7.76. The van der Waals surface area contributed by atoms with Crippen LogP contribution in [-0.2, 0) is 10.0 Å². The van der Waals surface area contributed by atoms with E-state index < -0.39 is 10.0 Å². The van der Waals surface area contributed by atoms with Gasteiger partial charge < -0.3 is 9.80 Å². The summed E-state index contributed by atoms with van der Waals surface area (Å²) in [4.78, 5) is 17.4. The minimum absolute atomic E-state index is 0.117. The second kappa shape index (κ2) is 9.27. The first-order valence-corrected chi connectivity index (χ1v) is 12.5. The molecule has 0 saturated carbocycles. The molecule has 0 radical (unpaired) electrons. The lowest BCUT2D eigenvalue weighted by molar-refractivity contribution is 0.0746. The molecule has 33 heavy (non-hydrogen) atoms. The lowest BCUT2D eigenvalue weighted by Crippen LogP contribution is -2.49. The molecule has 1 aliphatic heterocycles. The summed E-state index contributed by atoms with van der Waals surface area (Å²) in [5, 5.41) is 0. The van der Waals surface area contributed by atoms with E-state index in [-0.39, 0.29) is 10.8 Å². The first-order chi connectivity index (χ1) is 15.8. The van der Waals surface area contributed by atoms with Gasteiger partial charge in [-0.2, -0.15) is 0 Å². The highest BCUT2D eigenvalue weighted by Crippen LogP contribution is 2.25. The molecule has 7 heteroatoms. The second-order valence-electron chi connectivity index (χ2n) is 8.45. The Balaban J connectivity index is 1.50. The minimum atomic E-state index is -3.81. The Kier molecular flexibility index (Phi) is 6.42. The fourth-order valence-electron chi connectivity index (χ4n) is 4.15. The molecule has 6 nitrogen and oxygen atoms in total. The Labute approximate surface area is 195 Å². The summed E-state index contributed by atoms with van der Waals surface area (Å²) in [6.07, 6.45) is 0. The number of aryl methyl sites for hydroxylation is 2. The van der Waals surface area contributed by atoms with Crippen LogP contribution in [0.5, 0.6) is 0 Å². The fraction of sp³-hybridized carbons (Fsp3) is 0.269. The summed E-state index contributed by atoms with van der Waals surface area (Å²) in [6.45, 7) is 8.62. The van der Waals surface area contributed by atoms with E-state index in [2.05, 4.69) is 41.7 Å². The third kappa shape index (κ3) is 4.88. The number of piperazine rings is 1. The van der Waals surface area contributed by atoms with Gasteiger partial charge in [0.15, 0.2) is 0 Å². The van der Waals surface area contributed by atoms with E-state index in [9.17, 15) is 13.2 Å². The Hall–Kier alpha value is -3.32. The van der Waals surface area contributed by atoms with E-state index in [0.717, 1.165) is 13.1 Å². The first-order valence-electron chi connectivity index (χ1n) is 11.1. The van der Waals surface area contributed by atoms with E-state index in [0.29, 0.717) is 29.9 Å². The van der Waals surface area contributed by atoms with Crippen LogP contribution >= 0.6 is 0 Å². The maximum atomic E-state index is 13.2. The smallest absolute Gasteiger partial charge is 0.262 e. The summed E-state index contributed by atoms with van der Waals surface area (Å²) in [6, 6.07) is 19.9. The largest absolute Gasteiger partial charge is 0.368 e. The maximum absolute atomic E-state index is 13.2. The monoisotopic (exact) mass is 463 g/mol. The van der Waals surface area contributed by atoms with Crippen molar-refractivity contribution in [2.24, 2.45) is 0 Å². The van der Waals surface area contributed by atoms with Crippen LogP contribution < -0.4 is 9.62 Å². The Morgan fingerprint density at radius 2 is 1.52 bits per heavy atom. The van der Waals surface area contributed by atoms with Crippen molar-refractivity contribution in [2.45, 2.75) is 25.7 Å². The third-order valence-electron chi connectivity index (χ3n) is 6.23. The Morgan fingerprint density at radius 1 is 0.818 bits per heavy atom. The van der Waals surface area contributed by atoms with Gasteiger partial charge in [-0.1, -0.05) is 36.4 Å². The molecule has 4 rings (SSSR count). The number of rotatable bonds is 5. The summed E-state index contributed by atoms with van der Waals surface area (Å²) in [5.74, 6) is -0.147. The van der Waals surface area contributed by atoms with Crippen LogP contribution in [0, 0.1) is 20.8 Å². The number of carbonyl (C=O) groups is 1. The van der Waals surface area contributed by atoms with Crippen molar-refractivity contribution >= 4 is 27.3 Å². The molecule has 1 saturated heterocycles. The molecule has 3 aromatic carbocycles. The minimum Gasteiger partial charge on any atom is -0.368 e. The number of amides is 1. The van der Waals surface area contributed by atoms with Crippen LogP contribution in [0.2, 0.25) is 0 Å². The SMILES string of the molecule is Cc1ccc(C(=O)N2CCN(c3cccc(C)c3C)CC2)cc1S(=O)(=O)Nc1ccccc1. The van der Waals surface area contributed by atoms with Gasteiger partial charge in [0.05, 0.1) is 4.90 Å². The zero-order chi connectivity index (χ0) is 23.6. The van der Waals surface area contributed by atoms with Gasteiger partial charge in [0, 0.05) is 43.1 Å². The van der Waals surface area contributed by atoms with Crippen molar-refractivity contribution < 1.29 is 13.2 Å². The molecule has 1 aliphatic rings. The average Bonchev–Trinajstić information content (AvgIpc) is 2.81. The maximum Gasteiger partial charge on any atom is 0.262 e. The zero-order valence-electron chi connectivity index (χ0n) is 19.2. The predicted molar refractivity (Wildman–Crippen MR) is 132 cm³/mol. The van der Waals surface area contributed by atoms with E-state index in [1.807, 2.05) is 6.07 Å². The van der Waals surface area contributed by atoms with Gasteiger partial charge in [-0.15, -0.1) is 0 Å². The molecule has 172 valence electrons. The van der Waals surface area contributed by atoms with E-state index in [1.165, 1.54) is 22.9 Å². The molecule has 3 aromatic rings. The van der Waals surface area contributed by atoms with Gasteiger partial charge in [0.2, 0.25) is 0 Å². The van der Waals surface area contributed by atoms with E-state index in [4.69, 9.17) is 0 Å². The van der Waals surface area contributed by atoms with Gasteiger partial charge in [-0.3, -0.25) is 9.52 Å². The zero-order valence-corrected chi connectivity index (χ0v) is 20.0. The van der Waals surface area contributed by atoms with Gasteiger partial charge in [-0.05, 0) is 67.8 Å². The van der Waals surface area contributed by atoms with Crippen LogP contribution in [0.25, 0.3) is 0 Å². The van der Waals surface area contributed by atoms with Gasteiger partial charge in [0.1, 0.15) is 0 Å². The van der Waals surface area contributed by atoms with Crippen molar-refractivity contribution in [1.82, 2.24) is 4.90 Å². The van der Waals surface area contributed by atoms with E-state index in [1.54, 1.807) is 48.2 Å². The fourth-order valence-corrected chi connectivity index (χ4v) is 5.48. The van der Waals surface area contributed by atoms with Crippen molar-refractivity contribution in [1.29, 1.82) is 0 Å². The molecule has 0 unspecified atom stereocenters. The lowest BCUT2D eigenvalue weighted by Gasteiger charge is -2.37. The van der Waals surface area contributed by atoms with Crippen LogP contribution in [0.1, 0.15) is 27.0 Å². The van der Waals surface area contributed by atoms with Gasteiger partial charge in [0.25, 0.3) is 15.9 Å². The topological polar surface area (TPSA) is 69.7 Å². The molecule has 0 aromatic heterocycles. The van der Waals surface area contributed by atoms with Crippen LogP contribution in [0.15, 0.2) is 71.6 Å². The predicted octanol–water partition coefficient (Wildman–Crippen LogP) is 4.38. The Morgan fingerprint density at radius 3 is 2.21 bits per heavy atom. The van der Waals surface area contributed by atoms with Gasteiger partial charge >= 0.3 is 0 Å². The highest BCUT2D eigenvalue weighted by Gasteiger charge is 2.25. The number of benzene rings is 3. The first kappa shape index (κ1) is 22.9.